The lowest BCUT2D eigenvalue weighted by Crippen LogP contribution is -2.28. The number of fused-ring (bicyclic) bond motifs is 1. The van der Waals surface area contributed by atoms with Crippen LogP contribution in [0.1, 0.15) is 18.7 Å². The number of nitrogens with one attached hydrogen (secondary N) is 1. The second kappa shape index (κ2) is 10.1. The fourth-order valence-corrected chi connectivity index (χ4v) is 3.09. The summed E-state index contributed by atoms with van der Waals surface area (Å²) in [5, 5.41) is 3.54. The zero-order chi connectivity index (χ0) is 19.8. The Morgan fingerprint density at radius 2 is 1.93 bits per heavy atom. The number of hydrogen-bond donors (Lipinski definition) is 1. The van der Waals surface area contributed by atoms with Crippen molar-refractivity contribution in [1.82, 2.24) is 14.9 Å². The molecular weight excluding hydrogens is 378 g/mol. The second-order valence-corrected chi connectivity index (χ2v) is 6.82. The van der Waals surface area contributed by atoms with Gasteiger partial charge >= 0.3 is 0 Å². The standard InChI is InChI=1S/C21H24ClN3O3/c1-27-15-21(26)23-14-20-24-18-6-2-3-7-19(18)25(20)12-4-5-13-28-17-10-8-16(22)9-11-17/h2-3,6-11H,4-5,12-15H2,1H3,(H,23,26). The zero-order valence-corrected chi connectivity index (χ0v) is 16.6. The number of methoxy groups -OCH3 is 1. The number of imidazole rings is 1. The van der Waals surface area contributed by atoms with Gasteiger partial charge in [-0.3, -0.25) is 4.79 Å². The van der Waals surface area contributed by atoms with Crippen LogP contribution in [0.15, 0.2) is 48.5 Å². The Balaban J connectivity index is 1.57. The summed E-state index contributed by atoms with van der Waals surface area (Å²) in [5.41, 5.74) is 1.99. The van der Waals surface area contributed by atoms with Crippen molar-refractivity contribution in [1.29, 1.82) is 0 Å². The normalized spacial score (nSPS) is 10.9. The highest BCUT2D eigenvalue weighted by Crippen LogP contribution is 2.18. The predicted octanol–water partition coefficient (Wildman–Crippen LogP) is 3.81. The summed E-state index contributed by atoms with van der Waals surface area (Å²) >= 11 is 5.88. The first-order chi connectivity index (χ1) is 13.7. The zero-order valence-electron chi connectivity index (χ0n) is 15.9. The number of ether oxygens (including phenoxy) is 2. The summed E-state index contributed by atoms with van der Waals surface area (Å²) in [7, 11) is 1.50. The average Bonchev–Trinajstić information content (AvgIpc) is 3.05. The van der Waals surface area contributed by atoms with E-state index >= 15 is 0 Å². The van der Waals surface area contributed by atoms with Crippen molar-refractivity contribution in [2.75, 3.05) is 20.3 Å². The molecule has 28 heavy (non-hydrogen) atoms. The Morgan fingerprint density at radius 3 is 2.71 bits per heavy atom. The van der Waals surface area contributed by atoms with Crippen molar-refractivity contribution in [3.05, 3.63) is 59.4 Å². The molecular formula is C21H24ClN3O3. The number of carbonyl (C=O) groups excluding carboxylic acids is 1. The van der Waals surface area contributed by atoms with Gasteiger partial charge in [0.05, 0.1) is 24.2 Å². The molecule has 3 aromatic rings. The van der Waals surface area contributed by atoms with Crippen LogP contribution in [0.3, 0.4) is 0 Å². The van der Waals surface area contributed by atoms with Crippen LogP contribution in [0.25, 0.3) is 11.0 Å². The Kier molecular flexibility index (Phi) is 7.28. The largest absolute Gasteiger partial charge is 0.494 e. The molecule has 0 saturated heterocycles. The van der Waals surface area contributed by atoms with Crippen LogP contribution in [0.4, 0.5) is 0 Å². The van der Waals surface area contributed by atoms with E-state index in [4.69, 9.17) is 21.1 Å². The fraction of sp³-hybridized carbons (Fsp3) is 0.333. The molecule has 0 aliphatic heterocycles. The highest BCUT2D eigenvalue weighted by atomic mass is 35.5. The highest BCUT2D eigenvalue weighted by Gasteiger charge is 2.11. The van der Waals surface area contributed by atoms with Crippen LogP contribution in [-0.4, -0.2) is 35.8 Å². The Labute approximate surface area is 169 Å². The number of halogens is 1. The fourth-order valence-electron chi connectivity index (χ4n) is 2.96. The molecule has 0 bridgehead atoms. The Hall–Kier alpha value is -2.57. The van der Waals surface area contributed by atoms with E-state index in [0.29, 0.717) is 18.2 Å². The molecule has 1 aromatic heterocycles. The van der Waals surface area contributed by atoms with Crippen LogP contribution < -0.4 is 10.1 Å². The molecule has 0 atom stereocenters. The first kappa shape index (κ1) is 20.2. The molecule has 1 amide bonds. The molecule has 3 rings (SSSR count). The summed E-state index contributed by atoms with van der Waals surface area (Å²) in [6, 6.07) is 15.4. The Morgan fingerprint density at radius 1 is 1.14 bits per heavy atom. The molecule has 0 fully saturated rings. The van der Waals surface area contributed by atoms with E-state index < -0.39 is 0 Å². The van der Waals surface area contributed by atoms with Crippen molar-refractivity contribution in [2.24, 2.45) is 0 Å². The smallest absolute Gasteiger partial charge is 0.246 e. The molecule has 2 aromatic carbocycles. The van der Waals surface area contributed by atoms with Crippen molar-refractivity contribution < 1.29 is 14.3 Å². The molecule has 0 radical (unpaired) electrons. The number of rotatable bonds is 10. The number of nitrogens with zero attached hydrogens (tertiary/aromatic N) is 2. The predicted molar refractivity (Wildman–Crippen MR) is 110 cm³/mol. The molecule has 0 saturated carbocycles. The van der Waals surface area contributed by atoms with E-state index in [2.05, 4.69) is 14.9 Å². The number of benzene rings is 2. The van der Waals surface area contributed by atoms with Gasteiger partial charge in [-0.2, -0.15) is 0 Å². The van der Waals surface area contributed by atoms with Crippen LogP contribution in [0.2, 0.25) is 5.02 Å². The number of carbonyl (C=O) groups is 1. The molecule has 6 nitrogen and oxygen atoms in total. The number of aromatic nitrogens is 2. The van der Waals surface area contributed by atoms with Crippen molar-refractivity contribution >= 4 is 28.5 Å². The first-order valence-corrected chi connectivity index (χ1v) is 9.63. The molecule has 7 heteroatoms. The molecule has 0 aliphatic rings. The van der Waals surface area contributed by atoms with Gasteiger partial charge in [-0.25, -0.2) is 4.98 Å². The van der Waals surface area contributed by atoms with Gasteiger partial charge in [0.2, 0.25) is 5.91 Å². The summed E-state index contributed by atoms with van der Waals surface area (Å²) in [4.78, 5) is 16.4. The minimum Gasteiger partial charge on any atom is -0.494 e. The van der Waals surface area contributed by atoms with Crippen LogP contribution >= 0.6 is 11.6 Å². The molecule has 0 unspecified atom stereocenters. The van der Waals surface area contributed by atoms with Crippen molar-refractivity contribution in [3.8, 4) is 5.75 Å². The SMILES string of the molecule is COCC(=O)NCc1nc2ccccc2n1CCCCOc1ccc(Cl)cc1. The quantitative estimate of drug-likeness (QED) is 0.524. The number of para-hydroxylation sites is 2. The Bertz CT molecular complexity index is 909. The third kappa shape index (κ3) is 5.47. The summed E-state index contributed by atoms with van der Waals surface area (Å²) in [6.07, 6.45) is 1.84. The monoisotopic (exact) mass is 401 g/mol. The number of hydrogen-bond acceptors (Lipinski definition) is 4. The summed E-state index contributed by atoms with van der Waals surface area (Å²) in [5.74, 6) is 1.50. The van der Waals surface area contributed by atoms with E-state index in [-0.39, 0.29) is 12.5 Å². The molecule has 1 heterocycles. The maximum Gasteiger partial charge on any atom is 0.246 e. The second-order valence-electron chi connectivity index (χ2n) is 6.39. The van der Waals surface area contributed by atoms with Gasteiger partial charge in [0.25, 0.3) is 0 Å². The molecule has 0 spiro atoms. The number of amides is 1. The van der Waals surface area contributed by atoms with Gasteiger partial charge in [-0.1, -0.05) is 23.7 Å². The van der Waals surface area contributed by atoms with Gasteiger partial charge < -0.3 is 19.4 Å². The van der Waals surface area contributed by atoms with Crippen LogP contribution in [0, 0.1) is 0 Å². The lowest BCUT2D eigenvalue weighted by Gasteiger charge is -2.11. The number of unbranched alkanes of at least 4 members (excludes halogenated alkanes) is 1. The van der Waals surface area contributed by atoms with Gasteiger partial charge in [-0.15, -0.1) is 0 Å². The lowest BCUT2D eigenvalue weighted by molar-refractivity contribution is -0.124. The molecule has 0 aliphatic carbocycles. The molecule has 148 valence electrons. The van der Waals surface area contributed by atoms with Gasteiger partial charge in [0.1, 0.15) is 18.2 Å². The molecule has 1 N–H and O–H groups in total. The van der Waals surface area contributed by atoms with Gasteiger partial charge in [0, 0.05) is 18.7 Å². The maximum absolute atomic E-state index is 11.7. The third-order valence-corrected chi connectivity index (χ3v) is 4.56. The van der Waals surface area contributed by atoms with Crippen molar-refractivity contribution in [2.45, 2.75) is 25.9 Å². The maximum atomic E-state index is 11.7. The van der Waals surface area contributed by atoms with E-state index in [9.17, 15) is 4.79 Å². The topological polar surface area (TPSA) is 65.4 Å². The summed E-state index contributed by atoms with van der Waals surface area (Å²) in [6.45, 7) is 1.86. The van der Waals surface area contributed by atoms with E-state index in [1.165, 1.54) is 7.11 Å². The van der Waals surface area contributed by atoms with E-state index in [0.717, 1.165) is 42.0 Å². The van der Waals surface area contributed by atoms with Crippen LogP contribution in [0.5, 0.6) is 5.75 Å². The first-order valence-electron chi connectivity index (χ1n) is 9.25. The number of aryl methyl sites for hydroxylation is 1. The van der Waals surface area contributed by atoms with Gasteiger partial charge in [0.15, 0.2) is 0 Å². The van der Waals surface area contributed by atoms with E-state index in [1.807, 2.05) is 48.5 Å². The van der Waals surface area contributed by atoms with Crippen LogP contribution in [-0.2, 0) is 22.6 Å². The average molecular weight is 402 g/mol. The minimum absolute atomic E-state index is 0.0439. The third-order valence-electron chi connectivity index (χ3n) is 4.31. The highest BCUT2D eigenvalue weighted by molar-refractivity contribution is 6.30. The summed E-state index contributed by atoms with van der Waals surface area (Å²) < 4.78 is 12.8. The minimum atomic E-state index is -0.155. The van der Waals surface area contributed by atoms with Gasteiger partial charge in [-0.05, 0) is 49.2 Å². The van der Waals surface area contributed by atoms with Crippen molar-refractivity contribution in [3.63, 3.8) is 0 Å². The van der Waals surface area contributed by atoms with E-state index in [1.54, 1.807) is 0 Å². The lowest BCUT2D eigenvalue weighted by atomic mass is 10.3.